The lowest BCUT2D eigenvalue weighted by atomic mass is 9.67. The highest BCUT2D eigenvalue weighted by Crippen LogP contribution is 2.50. The molecule has 272 valence electrons. The lowest BCUT2D eigenvalue weighted by Crippen LogP contribution is -2.27. The summed E-state index contributed by atoms with van der Waals surface area (Å²) < 4.78 is 13.1. The van der Waals surface area contributed by atoms with Crippen molar-refractivity contribution in [2.24, 2.45) is 29.6 Å². The maximum Gasteiger partial charge on any atom is 0.126 e. The SMILES string of the molecule is CCCCCc1cc(O)c(CC[C@@H](C)CCCC(C)C)c(OCCOc2cc(CCCCC)cc(O)c2[C@@H]2C[C@H](C)CC[C@H]2C(C)C)c1. The minimum Gasteiger partial charge on any atom is -0.508 e. The number of benzene rings is 2. The van der Waals surface area contributed by atoms with Gasteiger partial charge in [0.1, 0.15) is 36.2 Å². The molecule has 0 aromatic heterocycles. The first-order chi connectivity index (χ1) is 23.0. The van der Waals surface area contributed by atoms with Crippen molar-refractivity contribution < 1.29 is 19.7 Å². The van der Waals surface area contributed by atoms with Gasteiger partial charge in [0.2, 0.25) is 0 Å². The van der Waals surface area contributed by atoms with Crippen molar-refractivity contribution in [1.29, 1.82) is 0 Å². The minimum atomic E-state index is 0.292. The number of phenols is 2. The van der Waals surface area contributed by atoms with Gasteiger partial charge in [-0.15, -0.1) is 0 Å². The van der Waals surface area contributed by atoms with Gasteiger partial charge in [0.25, 0.3) is 0 Å². The third kappa shape index (κ3) is 12.8. The fourth-order valence-corrected chi connectivity index (χ4v) is 7.92. The van der Waals surface area contributed by atoms with Crippen LogP contribution in [-0.4, -0.2) is 23.4 Å². The predicted octanol–water partition coefficient (Wildman–Crippen LogP) is 12.6. The van der Waals surface area contributed by atoms with E-state index >= 15 is 0 Å². The number of aromatic hydroxyl groups is 2. The average molecular weight is 665 g/mol. The van der Waals surface area contributed by atoms with E-state index in [-0.39, 0.29) is 0 Å². The molecule has 0 amide bonds. The first-order valence-electron chi connectivity index (χ1n) is 20.0. The zero-order valence-electron chi connectivity index (χ0n) is 32.2. The first-order valence-corrected chi connectivity index (χ1v) is 20.0. The van der Waals surface area contributed by atoms with Crippen LogP contribution in [-0.2, 0) is 19.3 Å². The van der Waals surface area contributed by atoms with Gasteiger partial charge in [-0.05, 0) is 122 Å². The highest BCUT2D eigenvalue weighted by atomic mass is 16.5. The van der Waals surface area contributed by atoms with E-state index in [1.54, 1.807) is 0 Å². The Morgan fingerprint density at radius 3 is 1.90 bits per heavy atom. The van der Waals surface area contributed by atoms with Gasteiger partial charge in [0.05, 0.1) is 0 Å². The number of unbranched alkanes of at least 4 members (excludes halogenated alkanes) is 4. The van der Waals surface area contributed by atoms with E-state index in [4.69, 9.17) is 9.47 Å². The highest BCUT2D eigenvalue weighted by Gasteiger charge is 2.35. The molecule has 48 heavy (non-hydrogen) atoms. The van der Waals surface area contributed by atoms with E-state index in [9.17, 15) is 10.2 Å². The van der Waals surface area contributed by atoms with Crippen molar-refractivity contribution in [1.82, 2.24) is 0 Å². The molecule has 2 N–H and O–H groups in total. The second kappa shape index (κ2) is 21.0. The second-order valence-corrected chi connectivity index (χ2v) is 16.1. The van der Waals surface area contributed by atoms with E-state index in [1.165, 1.54) is 57.8 Å². The van der Waals surface area contributed by atoms with Crippen LogP contribution in [0.5, 0.6) is 23.0 Å². The van der Waals surface area contributed by atoms with Crippen LogP contribution in [0.3, 0.4) is 0 Å². The molecule has 0 bridgehead atoms. The molecule has 1 aliphatic carbocycles. The Bertz CT molecular complexity index is 1200. The smallest absolute Gasteiger partial charge is 0.126 e. The fourth-order valence-electron chi connectivity index (χ4n) is 7.92. The van der Waals surface area contributed by atoms with E-state index in [2.05, 4.69) is 67.5 Å². The molecule has 0 heterocycles. The van der Waals surface area contributed by atoms with Crippen LogP contribution in [0.25, 0.3) is 0 Å². The maximum atomic E-state index is 11.5. The van der Waals surface area contributed by atoms with Crippen LogP contribution in [0, 0.1) is 29.6 Å². The number of hydrogen-bond acceptors (Lipinski definition) is 4. The van der Waals surface area contributed by atoms with Crippen molar-refractivity contribution in [2.45, 2.75) is 164 Å². The molecule has 4 heteroatoms. The highest BCUT2D eigenvalue weighted by molar-refractivity contribution is 5.50. The molecule has 3 rings (SSSR count). The normalized spacial score (nSPS) is 18.8. The summed E-state index contributed by atoms with van der Waals surface area (Å²) in [5, 5.41) is 22.7. The monoisotopic (exact) mass is 665 g/mol. The van der Waals surface area contributed by atoms with Crippen molar-refractivity contribution in [2.75, 3.05) is 13.2 Å². The number of aryl methyl sites for hydroxylation is 2. The van der Waals surface area contributed by atoms with Crippen LogP contribution < -0.4 is 9.47 Å². The van der Waals surface area contributed by atoms with E-state index in [0.717, 1.165) is 84.6 Å². The van der Waals surface area contributed by atoms with E-state index in [1.807, 2.05) is 12.1 Å². The quantitative estimate of drug-likeness (QED) is 0.123. The Morgan fingerprint density at radius 2 is 1.29 bits per heavy atom. The van der Waals surface area contributed by atoms with Gasteiger partial charge in [-0.3, -0.25) is 0 Å². The zero-order valence-corrected chi connectivity index (χ0v) is 32.2. The van der Waals surface area contributed by atoms with Gasteiger partial charge in [-0.2, -0.15) is 0 Å². The second-order valence-electron chi connectivity index (χ2n) is 16.1. The van der Waals surface area contributed by atoms with Crippen molar-refractivity contribution in [3.8, 4) is 23.0 Å². The predicted molar refractivity (Wildman–Crippen MR) is 204 cm³/mol. The Morgan fingerprint density at radius 1 is 0.688 bits per heavy atom. The van der Waals surface area contributed by atoms with Crippen molar-refractivity contribution in [3.63, 3.8) is 0 Å². The Balaban J connectivity index is 1.80. The summed E-state index contributed by atoms with van der Waals surface area (Å²) >= 11 is 0. The van der Waals surface area contributed by atoms with Crippen LogP contribution in [0.2, 0.25) is 0 Å². The van der Waals surface area contributed by atoms with Gasteiger partial charge in [0.15, 0.2) is 0 Å². The van der Waals surface area contributed by atoms with Crippen LogP contribution in [0.1, 0.15) is 167 Å². The average Bonchev–Trinajstić information content (AvgIpc) is 3.02. The van der Waals surface area contributed by atoms with Crippen LogP contribution in [0.15, 0.2) is 24.3 Å². The fraction of sp³-hybridized carbons (Fsp3) is 0.727. The van der Waals surface area contributed by atoms with E-state index in [0.29, 0.717) is 54.3 Å². The molecule has 1 fully saturated rings. The van der Waals surface area contributed by atoms with Crippen molar-refractivity contribution >= 4 is 0 Å². The van der Waals surface area contributed by atoms with Gasteiger partial charge in [-0.1, -0.05) is 107 Å². The molecule has 4 nitrogen and oxygen atoms in total. The standard InChI is InChI=1S/C44H72O4/c1-9-11-13-18-35-27-40(45)38(23-20-33(7)17-15-16-31(3)4)42(29-35)47-24-25-48-43-30-36(19-14-12-10-2)28-41(46)44(43)39-26-34(8)21-22-37(39)32(5)6/h27-34,37,39,45-46H,9-26H2,1-8H3/t33-,34+,37-,39+/m0/s1. The summed E-state index contributed by atoms with van der Waals surface area (Å²) in [7, 11) is 0. The summed E-state index contributed by atoms with van der Waals surface area (Å²) in [6.07, 6.45) is 18.0. The minimum absolute atomic E-state index is 0.292. The number of hydrogen-bond donors (Lipinski definition) is 2. The van der Waals surface area contributed by atoms with Crippen molar-refractivity contribution in [3.05, 3.63) is 46.5 Å². The van der Waals surface area contributed by atoms with Gasteiger partial charge in [-0.25, -0.2) is 0 Å². The molecule has 1 saturated carbocycles. The molecule has 0 aliphatic heterocycles. The molecular weight excluding hydrogens is 592 g/mol. The number of ether oxygens (including phenoxy) is 2. The first kappa shape index (κ1) is 40.1. The Labute approximate surface area is 295 Å². The van der Waals surface area contributed by atoms with E-state index < -0.39 is 0 Å². The zero-order chi connectivity index (χ0) is 35.1. The van der Waals surface area contributed by atoms with Gasteiger partial charge >= 0.3 is 0 Å². The molecule has 0 spiro atoms. The summed E-state index contributed by atoms with van der Waals surface area (Å²) in [5.41, 5.74) is 4.23. The summed E-state index contributed by atoms with van der Waals surface area (Å²) in [5.74, 6) is 5.77. The van der Waals surface area contributed by atoms with Gasteiger partial charge in [0, 0.05) is 11.1 Å². The van der Waals surface area contributed by atoms with Gasteiger partial charge < -0.3 is 19.7 Å². The Hall–Kier alpha value is -2.36. The molecular formula is C44H72O4. The van der Waals surface area contributed by atoms with Crippen LogP contribution >= 0.6 is 0 Å². The third-order valence-electron chi connectivity index (χ3n) is 10.9. The lowest BCUT2D eigenvalue weighted by molar-refractivity contribution is 0.182. The lowest BCUT2D eigenvalue weighted by Gasteiger charge is -2.38. The molecule has 0 radical (unpaired) electrons. The third-order valence-corrected chi connectivity index (χ3v) is 10.9. The molecule has 2 aromatic rings. The maximum absolute atomic E-state index is 11.5. The molecule has 1 aliphatic rings. The summed E-state index contributed by atoms with van der Waals surface area (Å²) in [6.45, 7) is 19.2. The summed E-state index contributed by atoms with van der Waals surface area (Å²) in [4.78, 5) is 0. The Kier molecular flexibility index (Phi) is 17.5. The largest absolute Gasteiger partial charge is 0.508 e. The molecule has 4 atom stereocenters. The topological polar surface area (TPSA) is 58.9 Å². The molecule has 2 aromatic carbocycles. The number of phenolic OH excluding ortho intramolecular Hbond substituents is 2. The molecule has 0 unspecified atom stereocenters. The van der Waals surface area contributed by atoms with Crippen LogP contribution in [0.4, 0.5) is 0 Å². The number of rotatable bonds is 22. The summed E-state index contributed by atoms with van der Waals surface area (Å²) in [6, 6.07) is 8.34. The molecule has 0 saturated heterocycles.